The van der Waals surface area contributed by atoms with Crippen LogP contribution in [-0.2, 0) is 0 Å². The van der Waals surface area contributed by atoms with E-state index in [2.05, 4.69) is 27.0 Å². The maximum absolute atomic E-state index is 15.0. The number of amides is 1. The van der Waals surface area contributed by atoms with Crippen LogP contribution in [0.2, 0.25) is 0 Å². The quantitative estimate of drug-likeness (QED) is 0.448. The first-order valence-corrected chi connectivity index (χ1v) is 11.2. The Kier molecular flexibility index (Phi) is 4.52. The molecule has 2 bridgehead atoms. The van der Waals surface area contributed by atoms with Crippen molar-refractivity contribution >= 4 is 11.5 Å². The van der Waals surface area contributed by atoms with Gasteiger partial charge in [0, 0.05) is 11.8 Å². The van der Waals surface area contributed by atoms with E-state index < -0.39 is 23.4 Å². The van der Waals surface area contributed by atoms with E-state index >= 15 is 4.39 Å². The van der Waals surface area contributed by atoms with Gasteiger partial charge >= 0.3 is 0 Å². The number of allylic oxidation sites excluding steroid dienone is 2. The van der Waals surface area contributed by atoms with Gasteiger partial charge in [-0.15, -0.1) is 0 Å². The zero-order valence-corrected chi connectivity index (χ0v) is 18.2. The van der Waals surface area contributed by atoms with E-state index in [9.17, 15) is 15.0 Å². The molecule has 2 aliphatic carbocycles. The Morgan fingerprint density at radius 1 is 1.32 bits per heavy atom. The van der Waals surface area contributed by atoms with Crippen molar-refractivity contribution in [1.29, 1.82) is 0 Å². The number of nitrogens with one attached hydrogen (secondary N) is 1. The summed E-state index contributed by atoms with van der Waals surface area (Å²) in [6.07, 6.45) is 5.79. The van der Waals surface area contributed by atoms with Gasteiger partial charge in [0.2, 0.25) is 0 Å². The van der Waals surface area contributed by atoms with Gasteiger partial charge in [0.05, 0.1) is 23.0 Å². The predicted octanol–water partition coefficient (Wildman–Crippen LogP) is 2.59. The lowest BCUT2D eigenvalue weighted by Gasteiger charge is -2.27. The Morgan fingerprint density at radius 3 is 2.76 bits per heavy atom. The van der Waals surface area contributed by atoms with Crippen LogP contribution in [0.25, 0.3) is 17.0 Å². The molecule has 1 fully saturated rings. The summed E-state index contributed by atoms with van der Waals surface area (Å²) in [4.78, 5) is 16.8. The molecule has 9 heteroatoms. The number of carbonyl (C=O) groups excluding carboxylic acids is 1. The summed E-state index contributed by atoms with van der Waals surface area (Å²) >= 11 is 0. The third kappa shape index (κ3) is 3.10. The van der Waals surface area contributed by atoms with E-state index in [4.69, 9.17) is 5.73 Å². The molecule has 0 radical (unpaired) electrons. The number of primary amides is 1. The van der Waals surface area contributed by atoms with Crippen LogP contribution < -0.4 is 5.73 Å². The van der Waals surface area contributed by atoms with Gasteiger partial charge in [-0.05, 0) is 61.4 Å². The lowest BCUT2D eigenvalue weighted by atomic mass is 9.86. The van der Waals surface area contributed by atoms with Crippen LogP contribution in [0.4, 0.5) is 4.39 Å². The lowest BCUT2D eigenvalue weighted by molar-refractivity contribution is 0.0989. The third-order valence-corrected chi connectivity index (χ3v) is 6.97. The fraction of sp³-hybridized carbons (Fsp3) is 0.320. The van der Waals surface area contributed by atoms with Crippen molar-refractivity contribution in [2.45, 2.75) is 49.9 Å². The normalized spacial score (nSPS) is 20.2. The smallest absolute Gasteiger partial charge is 0.269 e. The minimum Gasteiger partial charge on any atom is -0.380 e. The summed E-state index contributed by atoms with van der Waals surface area (Å²) in [6.45, 7) is 0. The average molecular weight is 459 g/mol. The van der Waals surface area contributed by atoms with Crippen molar-refractivity contribution in [1.82, 2.24) is 19.7 Å². The highest BCUT2D eigenvalue weighted by Crippen LogP contribution is 2.49. The molecule has 172 valence electrons. The number of carbonyl (C=O) groups is 1. The number of aliphatic hydroxyl groups is 2. The number of hydrogen-bond donors (Lipinski definition) is 4. The average Bonchev–Trinajstić information content (AvgIpc) is 3.50. The Labute approximate surface area is 194 Å². The van der Waals surface area contributed by atoms with E-state index in [-0.39, 0.29) is 23.0 Å². The molecule has 2 atom stereocenters. The second-order valence-electron chi connectivity index (χ2n) is 9.15. The third-order valence-electron chi connectivity index (χ3n) is 6.97. The molecule has 4 aliphatic rings. The van der Waals surface area contributed by atoms with Crippen LogP contribution >= 0.6 is 0 Å². The highest BCUT2D eigenvalue weighted by atomic mass is 19.1. The second kappa shape index (κ2) is 7.38. The predicted molar refractivity (Wildman–Crippen MR) is 121 cm³/mol. The molecule has 2 unspecified atom stereocenters. The summed E-state index contributed by atoms with van der Waals surface area (Å²) in [5.41, 5.74) is 7.52. The molecule has 4 heterocycles. The van der Waals surface area contributed by atoms with Crippen molar-refractivity contribution in [2.75, 3.05) is 0 Å². The molecule has 2 aliphatic heterocycles. The molecule has 1 aromatic carbocycles. The Bertz CT molecular complexity index is 1420. The molecule has 34 heavy (non-hydrogen) atoms. The monoisotopic (exact) mass is 459 g/mol. The number of nitrogens with zero attached hydrogens (tertiary/aromatic N) is 3. The van der Waals surface area contributed by atoms with Crippen LogP contribution in [0.1, 0.15) is 77.3 Å². The van der Waals surface area contributed by atoms with E-state index in [1.54, 1.807) is 16.7 Å². The number of H-pyrrole nitrogens is 1. The van der Waals surface area contributed by atoms with Gasteiger partial charge in [0.25, 0.3) is 5.91 Å². The fourth-order valence-electron chi connectivity index (χ4n) is 5.16. The van der Waals surface area contributed by atoms with Crippen LogP contribution in [0.3, 0.4) is 0 Å². The Balaban J connectivity index is 1.54. The number of nitrogens with two attached hydrogens (primary N) is 1. The van der Waals surface area contributed by atoms with E-state index in [1.807, 2.05) is 6.08 Å². The van der Waals surface area contributed by atoms with Gasteiger partial charge in [0.1, 0.15) is 23.3 Å². The first kappa shape index (κ1) is 20.8. The largest absolute Gasteiger partial charge is 0.380 e. The number of aromatic nitrogens is 4. The van der Waals surface area contributed by atoms with Crippen LogP contribution in [0, 0.1) is 17.7 Å². The summed E-state index contributed by atoms with van der Waals surface area (Å²) in [6, 6.07) is 4.48. The van der Waals surface area contributed by atoms with Crippen LogP contribution in [-0.4, -0.2) is 41.5 Å². The molecular formula is C25H22FN5O3. The molecule has 7 rings (SSSR count). The van der Waals surface area contributed by atoms with Crippen molar-refractivity contribution in [3.05, 3.63) is 64.5 Å². The fourth-order valence-corrected chi connectivity index (χ4v) is 5.16. The first-order chi connectivity index (χ1) is 16.3. The number of halogens is 1. The molecule has 8 nitrogen and oxygen atoms in total. The van der Waals surface area contributed by atoms with Gasteiger partial charge in [-0.25, -0.2) is 9.37 Å². The minimum absolute atomic E-state index is 0.0518. The van der Waals surface area contributed by atoms with Gasteiger partial charge in [-0.1, -0.05) is 17.9 Å². The molecule has 0 saturated heterocycles. The van der Waals surface area contributed by atoms with Gasteiger partial charge < -0.3 is 20.5 Å². The molecule has 5 N–H and O–H groups in total. The zero-order valence-electron chi connectivity index (χ0n) is 18.2. The highest BCUT2D eigenvalue weighted by molar-refractivity contribution is 5.94. The number of rotatable bonds is 3. The molecule has 3 aromatic rings. The zero-order chi connectivity index (χ0) is 23.6. The maximum Gasteiger partial charge on any atom is 0.269 e. The molecule has 2 aromatic heterocycles. The molecule has 1 amide bonds. The van der Waals surface area contributed by atoms with Crippen molar-refractivity contribution < 1.29 is 19.4 Å². The molecule has 1 saturated carbocycles. The summed E-state index contributed by atoms with van der Waals surface area (Å²) < 4.78 is 16.8. The standard InChI is InChI=1S/C25H22FN5O3/c26-18-12-16-14-9-15(10-14)31-21(22(32)19-4-8-28-30-19)20(23(27)33)29-24(31)17(16)11-13(18)3-7-25(34)5-1-2-6-25/h4,8-9,11-12,15,22,32,34H,1-2,5-6,10H2,(H2,27,33)(H,28,30). The van der Waals surface area contributed by atoms with E-state index in [0.29, 0.717) is 41.9 Å². The number of imidazole rings is 1. The van der Waals surface area contributed by atoms with Crippen molar-refractivity contribution in [3.63, 3.8) is 0 Å². The highest BCUT2D eigenvalue weighted by Gasteiger charge is 2.38. The minimum atomic E-state index is -1.21. The molecule has 0 spiro atoms. The maximum atomic E-state index is 15.0. The van der Waals surface area contributed by atoms with Gasteiger partial charge in [-0.2, -0.15) is 5.10 Å². The topological polar surface area (TPSA) is 130 Å². The molecular weight excluding hydrogens is 437 g/mol. The van der Waals surface area contributed by atoms with E-state index in [1.165, 1.54) is 12.3 Å². The first-order valence-electron chi connectivity index (χ1n) is 11.2. The summed E-state index contributed by atoms with van der Waals surface area (Å²) in [5.74, 6) is 4.84. The number of aromatic amines is 1. The van der Waals surface area contributed by atoms with Crippen LogP contribution in [0.5, 0.6) is 0 Å². The van der Waals surface area contributed by atoms with Gasteiger partial charge in [0.15, 0.2) is 5.69 Å². The second-order valence-corrected chi connectivity index (χ2v) is 9.15. The number of benzene rings is 1. The lowest BCUT2D eigenvalue weighted by Crippen LogP contribution is -2.22. The SMILES string of the molecule is NC(=O)c1nc2n(c1C(O)c1ccn[nH]1)C1C=C(C1)c1cc(F)c(C#CC3(O)CCCC3)cc1-2. The van der Waals surface area contributed by atoms with Crippen molar-refractivity contribution in [2.24, 2.45) is 5.73 Å². The Morgan fingerprint density at radius 2 is 2.09 bits per heavy atom. The number of aliphatic hydroxyl groups excluding tert-OH is 1. The summed E-state index contributed by atoms with van der Waals surface area (Å²) in [7, 11) is 0. The summed E-state index contributed by atoms with van der Waals surface area (Å²) in [5, 5.41) is 28.3. The Hall–Kier alpha value is -3.74. The van der Waals surface area contributed by atoms with Gasteiger partial charge in [-0.3, -0.25) is 9.89 Å². The van der Waals surface area contributed by atoms with Crippen molar-refractivity contribution in [3.8, 4) is 23.2 Å². The van der Waals surface area contributed by atoms with Crippen LogP contribution in [0.15, 0.2) is 30.5 Å². The number of hydrogen-bond acceptors (Lipinski definition) is 5. The van der Waals surface area contributed by atoms with E-state index in [0.717, 1.165) is 18.4 Å².